The Balaban J connectivity index is 1.33. The van der Waals surface area contributed by atoms with Crippen molar-refractivity contribution in [2.75, 3.05) is 6.16 Å². The van der Waals surface area contributed by atoms with Gasteiger partial charge in [-0.2, -0.15) is 0 Å². The molecule has 0 amide bonds. The molecule has 5 heteroatoms. The van der Waals surface area contributed by atoms with Crippen LogP contribution in [0.3, 0.4) is 0 Å². The Kier molecular flexibility index (Phi) is 9.90. The molecule has 0 aliphatic heterocycles. The van der Waals surface area contributed by atoms with Crippen molar-refractivity contribution in [3.8, 4) is 23.0 Å². The van der Waals surface area contributed by atoms with E-state index in [9.17, 15) is 20.4 Å². The van der Waals surface area contributed by atoms with Gasteiger partial charge < -0.3 is 20.4 Å². The van der Waals surface area contributed by atoms with Crippen LogP contribution in [0.2, 0.25) is 0 Å². The molecule has 0 heterocycles. The van der Waals surface area contributed by atoms with Gasteiger partial charge in [0, 0.05) is 11.1 Å². The first-order valence-corrected chi connectivity index (χ1v) is 15.9. The Morgan fingerprint density at radius 3 is 1.31 bits per heavy atom. The van der Waals surface area contributed by atoms with E-state index in [0.717, 1.165) is 31.8 Å². The molecule has 0 aliphatic carbocycles. The molecule has 0 radical (unpaired) electrons. The summed E-state index contributed by atoms with van der Waals surface area (Å²) in [5.41, 5.74) is 0.927. The van der Waals surface area contributed by atoms with E-state index in [1.807, 2.05) is 0 Å². The summed E-state index contributed by atoms with van der Waals surface area (Å²) < 4.78 is 0. The van der Waals surface area contributed by atoms with Crippen molar-refractivity contribution < 1.29 is 20.4 Å². The minimum atomic E-state index is -1.76. The van der Waals surface area contributed by atoms with E-state index in [0.29, 0.717) is 17.5 Å². The summed E-state index contributed by atoms with van der Waals surface area (Å²) in [5, 5.41) is 44.0. The number of hydrogen-bond donors (Lipinski definition) is 4. The zero-order chi connectivity index (χ0) is 27.7. The van der Waals surface area contributed by atoms with Crippen molar-refractivity contribution >= 4 is 23.2 Å². The highest BCUT2D eigenvalue weighted by molar-refractivity contribution is 7.95. The molecule has 0 atom stereocenters. The minimum absolute atomic E-state index is 0.329. The fourth-order valence-electron chi connectivity index (χ4n) is 5.59. The van der Waals surface area contributed by atoms with E-state index in [1.54, 1.807) is 6.92 Å². The lowest BCUT2D eigenvalue weighted by molar-refractivity contribution is 0.341. The van der Waals surface area contributed by atoms with E-state index in [4.69, 9.17) is 0 Å². The summed E-state index contributed by atoms with van der Waals surface area (Å²) in [4.78, 5) is 0. The molecule has 0 spiro atoms. The van der Waals surface area contributed by atoms with Crippen molar-refractivity contribution in [1.29, 1.82) is 0 Å². The molecule has 0 saturated carbocycles. The maximum Gasteiger partial charge on any atom is 0.204 e. The van der Waals surface area contributed by atoms with Gasteiger partial charge in [-0.1, -0.05) is 80.3 Å². The van der Waals surface area contributed by atoms with E-state index in [-0.39, 0.29) is 11.5 Å². The van der Waals surface area contributed by atoms with Crippen LogP contribution >= 0.6 is 7.26 Å². The van der Waals surface area contributed by atoms with Gasteiger partial charge >= 0.3 is 0 Å². The largest absolute Gasteiger partial charge is 0.504 e. The lowest BCUT2D eigenvalue weighted by Gasteiger charge is -2.27. The van der Waals surface area contributed by atoms with Crippen LogP contribution in [-0.4, -0.2) is 26.6 Å². The quantitative estimate of drug-likeness (QED) is 0.0628. The molecule has 4 rings (SSSR count). The number of rotatable bonds is 13. The Morgan fingerprint density at radius 1 is 0.462 bits per heavy atom. The molecule has 39 heavy (non-hydrogen) atoms. The first-order valence-electron chi connectivity index (χ1n) is 14.0. The average Bonchev–Trinajstić information content (AvgIpc) is 2.99. The highest BCUT2D eigenvalue weighted by Crippen LogP contribution is 2.56. The molecule has 4 aromatic rings. The fraction of sp³-hybridized carbons (Fsp3) is 0.294. The number of phenols is 4. The maximum atomic E-state index is 10.2. The smallest absolute Gasteiger partial charge is 0.204 e. The third-order valence-corrected chi connectivity index (χ3v) is 12.3. The van der Waals surface area contributed by atoms with Gasteiger partial charge in [-0.05, 0) is 69.0 Å². The predicted molar refractivity (Wildman–Crippen MR) is 164 cm³/mol. The topological polar surface area (TPSA) is 80.9 Å². The summed E-state index contributed by atoms with van der Waals surface area (Å²) in [6.07, 6.45) is 9.37. The summed E-state index contributed by atoms with van der Waals surface area (Å²) >= 11 is 0. The highest BCUT2D eigenvalue weighted by atomic mass is 31.2. The van der Waals surface area contributed by atoms with Gasteiger partial charge in [0.15, 0.2) is 11.5 Å². The van der Waals surface area contributed by atoms with E-state index < -0.39 is 18.8 Å². The van der Waals surface area contributed by atoms with Gasteiger partial charge in [0.05, 0.1) is 6.16 Å². The Morgan fingerprint density at radius 2 is 0.846 bits per heavy atom. The molecule has 0 unspecified atom stereocenters. The molecule has 0 fully saturated rings. The van der Waals surface area contributed by atoms with Crippen LogP contribution in [-0.2, 0) is 6.42 Å². The van der Waals surface area contributed by atoms with Crippen LogP contribution in [0.1, 0.15) is 56.1 Å². The van der Waals surface area contributed by atoms with Crippen molar-refractivity contribution in [3.05, 3.63) is 102 Å². The zero-order valence-corrected chi connectivity index (χ0v) is 23.7. The van der Waals surface area contributed by atoms with Gasteiger partial charge in [-0.15, -0.1) is 0 Å². The summed E-state index contributed by atoms with van der Waals surface area (Å²) in [6, 6.07) is 33.1. The maximum absolute atomic E-state index is 10.2. The molecule has 4 N–H and O–H groups in total. The van der Waals surface area contributed by atoms with Gasteiger partial charge in [-0.3, -0.25) is 0 Å². The van der Waals surface area contributed by atoms with E-state index in [1.165, 1.54) is 35.2 Å². The Hall–Kier alpha value is -3.49. The van der Waals surface area contributed by atoms with Gasteiger partial charge in [-0.25, -0.2) is 0 Å². The summed E-state index contributed by atoms with van der Waals surface area (Å²) in [6.45, 7) is 1.65. The number of phenolic OH excluding ortho intramolecular Hbond substituents is 4. The molecule has 204 valence electrons. The molecular formula is C34H40O4P+. The first kappa shape index (κ1) is 28.5. The minimum Gasteiger partial charge on any atom is -0.504 e. The van der Waals surface area contributed by atoms with Crippen LogP contribution in [0.4, 0.5) is 0 Å². The van der Waals surface area contributed by atoms with Crippen molar-refractivity contribution in [1.82, 2.24) is 0 Å². The third kappa shape index (κ3) is 6.40. The highest BCUT2D eigenvalue weighted by Gasteiger charge is 2.44. The lowest BCUT2D eigenvalue weighted by Crippen LogP contribution is -2.33. The molecule has 4 nitrogen and oxygen atoms in total. The van der Waals surface area contributed by atoms with Crippen LogP contribution < -0.4 is 15.9 Å². The van der Waals surface area contributed by atoms with Crippen LogP contribution in [0, 0.1) is 6.92 Å². The van der Waals surface area contributed by atoms with Gasteiger partial charge in [0.1, 0.15) is 23.2 Å². The molecule has 0 bridgehead atoms. The van der Waals surface area contributed by atoms with Crippen molar-refractivity contribution in [2.45, 2.75) is 58.3 Å². The van der Waals surface area contributed by atoms with Gasteiger partial charge in [0.25, 0.3) is 0 Å². The second-order valence-electron chi connectivity index (χ2n) is 10.3. The van der Waals surface area contributed by atoms with Crippen molar-refractivity contribution in [3.63, 3.8) is 0 Å². The number of benzene rings is 4. The van der Waals surface area contributed by atoms with E-state index >= 15 is 0 Å². The molecular weight excluding hydrogens is 503 g/mol. The lowest BCUT2D eigenvalue weighted by atomic mass is 9.98. The summed E-state index contributed by atoms with van der Waals surface area (Å²) in [5.74, 6) is -1.99. The Bertz CT molecular complexity index is 1200. The second-order valence-corrected chi connectivity index (χ2v) is 13.9. The van der Waals surface area contributed by atoms with E-state index in [2.05, 4.69) is 91.0 Å². The zero-order valence-electron chi connectivity index (χ0n) is 22.8. The average molecular weight is 544 g/mol. The van der Waals surface area contributed by atoms with Crippen molar-refractivity contribution in [2.24, 2.45) is 0 Å². The van der Waals surface area contributed by atoms with Crippen LogP contribution in [0.25, 0.3) is 0 Å². The predicted octanol–water partition coefficient (Wildman–Crippen LogP) is 7.08. The molecule has 0 saturated heterocycles. The standard InChI is InChI=1S/C34H39O4P/c1-26-30(32(36)34(38)33(37)31(26)35)24-16-5-3-2-4-6-17-25-39(27-18-10-7-11-19-27,28-20-12-8-13-21-28)29-22-14-9-15-23-29/h7-15,18-23H,2-6,16-17,24-25H2,1H3,(H3-,35,36,37,38)/p+1. The molecule has 4 aromatic carbocycles. The monoisotopic (exact) mass is 543 g/mol. The number of unbranched alkanes of at least 4 members (excludes halogenated alkanes) is 6. The SMILES string of the molecule is Cc1c(O)c(O)c(O)c(O)c1CCCCCCCCC[P+](c1ccccc1)(c1ccccc1)c1ccccc1. The molecule has 0 aliphatic rings. The first-order chi connectivity index (χ1) is 19.0. The second kappa shape index (κ2) is 13.5. The fourth-order valence-corrected chi connectivity index (χ4v) is 10.00. The Labute approximate surface area is 233 Å². The summed E-state index contributed by atoms with van der Waals surface area (Å²) in [7, 11) is -1.76. The molecule has 0 aromatic heterocycles. The van der Waals surface area contributed by atoms with Gasteiger partial charge in [0.2, 0.25) is 11.5 Å². The number of hydrogen-bond acceptors (Lipinski definition) is 4. The normalized spacial score (nSPS) is 11.5. The van der Waals surface area contributed by atoms with Crippen LogP contribution in [0.15, 0.2) is 91.0 Å². The third-order valence-electron chi connectivity index (χ3n) is 7.78. The number of aromatic hydroxyl groups is 4. The van der Waals surface area contributed by atoms with Crippen LogP contribution in [0.5, 0.6) is 23.0 Å².